The summed E-state index contributed by atoms with van der Waals surface area (Å²) in [5.74, 6) is -0.463. The van der Waals surface area contributed by atoms with Crippen LogP contribution in [0.1, 0.15) is 11.1 Å². The summed E-state index contributed by atoms with van der Waals surface area (Å²) in [5, 5.41) is 3.41. The van der Waals surface area contributed by atoms with Crippen molar-refractivity contribution in [2.45, 2.75) is 19.6 Å². The number of hydrogen-bond acceptors (Lipinski definition) is 5. The fourth-order valence-corrected chi connectivity index (χ4v) is 3.91. The molecule has 0 atom stereocenters. The average Bonchev–Trinajstić information content (AvgIpc) is 3.22. The topological polar surface area (TPSA) is 86.4 Å². The second-order valence-corrected chi connectivity index (χ2v) is 7.87. The van der Waals surface area contributed by atoms with Crippen LogP contribution in [0.2, 0.25) is 0 Å². The van der Waals surface area contributed by atoms with E-state index in [1.54, 1.807) is 24.3 Å². The molecule has 0 bridgehead atoms. The van der Waals surface area contributed by atoms with Crippen molar-refractivity contribution in [1.82, 2.24) is 9.55 Å². The van der Waals surface area contributed by atoms with Crippen molar-refractivity contribution in [2.24, 2.45) is 0 Å². The zero-order chi connectivity index (χ0) is 24.4. The van der Waals surface area contributed by atoms with E-state index in [-0.39, 0.29) is 17.9 Å². The molecule has 9 heteroatoms. The number of hydrogen-bond donors (Lipinski definition) is 1. The van der Waals surface area contributed by atoms with Gasteiger partial charge in [-0.25, -0.2) is 4.98 Å². The summed E-state index contributed by atoms with van der Waals surface area (Å²) in [6, 6.07) is 20.9. The highest BCUT2D eigenvalue weighted by molar-refractivity contribution is 6.01. The van der Waals surface area contributed by atoms with Gasteiger partial charge in [-0.15, -0.1) is 0 Å². The van der Waals surface area contributed by atoms with Gasteiger partial charge in [-0.3, -0.25) is 14.2 Å². The van der Waals surface area contributed by atoms with Crippen molar-refractivity contribution < 1.29 is 22.7 Å². The molecule has 35 heavy (non-hydrogen) atoms. The number of furan rings is 1. The van der Waals surface area contributed by atoms with E-state index in [1.165, 1.54) is 18.5 Å². The Morgan fingerprint density at radius 2 is 1.83 bits per heavy atom. The van der Waals surface area contributed by atoms with Crippen LogP contribution in [0.25, 0.3) is 22.1 Å². The van der Waals surface area contributed by atoms with Gasteiger partial charge in [0.1, 0.15) is 23.4 Å². The molecule has 5 rings (SSSR count). The maximum atomic E-state index is 12.9. The van der Waals surface area contributed by atoms with Gasteiger partial charge in [0.2, 0.25) is 11.5 Å². The number of alkyl halides is 2. The van der Waals surface area contributed by atoms with Gasteiger partial charge in [-0.05, 0) is 35.9 Å². The Kier molecular flexibility index (Phi) is 5.97. The molecule has 1 N–H and O–H groups in total. The van der Waals surface area contributed by atoms with Crippen LogP contribution in [0.4, 0.5) is 14.5 Å². The molecule has 3 aromatic carbocycles. The quantitative estimate of drug-likeness (QED) is 0.359. The van der Waals surface area contributed by atoms with E-state index >= 15 is 0 Å². The fraction of sp³-hybridized carbons (Fsp3) is 0.115. The van der Waals surface area contributed by atoms with E-state index in [4.69, 9.17) is 4.42 Å². The van der Waals surface area contributed by atoms with Gasteiger partial charge in [0.25, 0.3) is 5.56 Å². The highest BCUT2D eigenvalue weighted by Crippen LogP contribution is 2.27. The predicted molar refractivity (Wildman–Crippen MR) is 127 cm³/mol. The van der Waals surface area contributed by atoms with Crippen molar-refractivity contribution in [3.8, 4) is 5.75 Å². The van der Waals surface area contributed by atoms with Gasteiger partial charge < -0.3 is 14.5 Å². The van der Waals surface area contributed by atoms with E-state index in [2.05, 4.69) is 15.0 Å². The Morgan fingerprint density at radius 3 is 2.63 bits per heavy atom. The molecule has 1 amide bonds. The van der Waals surface area contributed by atoms with Crippen LogP contribution in [0.3, 0.4) is 0 Å². The third kappa shape index (κ3) is 4.74. The molecule has 176 valence electrons. The number of ether oxygens (including phenoxy) is 1. The number of para-hydroxylation sites is 1. The van der Waals surface area contributed by atoms with E-state index in [0.717, 1.165) is 10.1 Å². The second-order valence-electron chi connectivity index (χ2n) is 7.87. The minimum absolute atomic E-state index is 0.0256. The number of benzene rings is 3. The molecule has 0 spiro atoms. The van der Waals surface area contributed by atoms with Gasteiger partial charge in [0.15, 0.2) is 0 Å². The summed E-state index contributed by atoms with van der Waals surface area (Å²) in [4.78, 5) is 29.8. The highest BCUT2D eigenvalue weighted by atomic mass is 19.3. The van der Waals surface area contributed by atoms with E-state index < -0.39 is 18.1 Å². The first-order valence-corrected chi connectivity index (χ1v) is 10.8. The van der Waals surface area contributed by atoms with Crippen LogP contribution in [-0.4, -0.2) is 22.1 Å². The molecule has 0 fully saturated rings. The Hall–Kier alpha value is -4.53. The fourth-order valence-electron chi connectivity index (χ4n) is 3.91. The Morgan fingerprint density at radius 1 is 1.06 bits per heavy atom. The number of nitrogens with one attached hydrogen (secondary N) is 1. The lowest BCUT2D eigenvalue weighted by molar-refractivity contribution is -0.116. The summed E-state index contributed by atoms with van der Waals surface area (Å²) in [6.07, 6.45) is 1.63. The standard InChI is InChI=1S/C26H19F2N3O4/c27-26(28)35-20-11-10-18(13-17(20)12-16-6-2-1-3-7-16)30-22(32)14-31-15-29-23-19-8-4-5-9-21(19)34-24(23)25(31)33/h1-11,13,15,26H,12,14H2,(H,30,32). The van der Waals surface area contributed by atoms with Crippen LogP contribution >= 0.6 is 0 Å². The molecular formula is C26H19F2N3O4. The number of aromatic nitrogens is 2. The summed E-state index contributed by atoms with van der Waals surface area (Å²) in [5.41, 5.74) is 2.32. The van der Waals surface area contributed by atoms with Gasteiger partial charge >= 0.3 is 6.61 Å². The molecule has 0 saturated carbocycles. The Bertz CT molecular complexity index is 1580. The lowest BCUT2D eigenvalue weighted by Gasteiger charge is -2.14. The van der Waals surface area contributed by atoms with Crippen LogP contribution in [0.15, 0.2) is 88.3 Å². The summed E-state index contributed by atoms with van der Waals surface area (Å²) in [6.45, 7) is -3.28. The van der Waals surface area contributed by atoms with Crippen molar-refractivity contribution >= 4 is 33.7 Å². The molecule has 0 saturated heterocycles. The van der Waals surface area contributed by atoms with Gasteiger partial charge in [-0.1, -0.05) is 42.5 Å². The van der Waals surface area contributed by atoms with Crippen molar-refractivity contribution in [3.05, 3.63) is 101 Å². The molecule has 0 unspecified atom stereocenters. The molecule has 0 aliphatic rings. The first kappa shape index (κ1) is 22.3. The van der Waals surface area contributed by atoms with E-state index in [1.807, 2.05) is 36.4 Å². The highest BCUT2D eigenvalue weighted by Gasteiger charge is 2.16. The first-order valence-electron chi connectivity index (χ1n) is 10.8. The number of fused-ring (bicyclic) bond motifs is 3. The SMILES string of the molecule is O=C(Cn1cnc2c(oc3ccccc32)c1=O)Nc1ccc(OC(F)F)c(Cc2ccccc2)c1. The van der Waals surface area contributed by atoms with Gasteiger partial charge in [0.05, 0.1) is 6.33 Å². The maximum absolute atomic E-state index is 12.9. The lowest BCUT2D eigenvalue weighted by atomic mass is 10.0. The lowest BCUT2D eigenvalue weighted by Crippen LogP contribution is -2.27. The number of carbonyl (C=O) groups is 1. The molecule has 2 heterocycles. The molecule has 0 radical (unpaired) electrons. The summed E-state index contributed by atoms with van der Waals surface area (Å²) in [7, 11) is 0. The molecule has 7 nitrogen and oxygen atoms in total. The van der Waals surface area contributed by atoms with Gasteiger partial charge in [0, 0.05) is 23.1 Å². The third-order valence-corrected chi connectivity index (χ3v) is 5.46. The smallest absolute Gasteiger partial charge is 0.387 e. The molecule has 5 aromatic rings. The number of amides is 1. The first-order chi connectivity index (χ1) is 17.0. The number of halogens is 2. The average molecular weight is 475 g/mol. The number of rotatable bonds is 7. The number of anilines is 1. The maximum Gasteiger partial charge on any atom is 0.387 e. The van der Waals surface area contributed by atoms with Crippen molar-refractivity contribution in [1.29, 1.82) is 0 Å². The summed E-state index contributed by atoms with van der Waals surface area (Å²) >= 11 is 0. The molecular weight excluding hydrogens is 456 g/mol. The van der Waals surface area contributed by atoms with Crippen LogP contribution in [0.5, 0.6) is 5.75 Å². The van der Waals surface area contributed by atoms with Crippen LogP contribution in [0, 0.1) is 0 Å². The van der Waals surface area contributed by atoms with Crippen molar-refractivity contribution in [2.75, 3.05) is 5.32 Å². The zero-order valence-electron chi connectivity index (χ0n) is 18.3. The van der Waals surface area contributed by atoms with Crippen LogP contribution < -0.4 is 15.6 Å². The van der Waals surface area contributed by atoms with Crippen molar-refractivity contribution in [3.63, 3.8) is 0 Å². The third-order valence-electron chi connectivity index (χ3n) is 5.46. The molecule has 2 aromatic heterocycles. The minimum atomic E-state index is -2.97. The van der Waals surface area contributed by atoms with E-state index in [9.17, 15) is 18.4 Å². The predicted octanol–water partition coefficient (Wildman–Crippen LogP) is 4.97. The summed E-state index contributed by atoms with van der Waals surface area (Å²) < 4.78 is 37.2. The Labute approximate surface area is 197 Å². The van der Waals surface area contributed by atoms with Gasteiger partial charge in [-0.2, -0.15) is 8.78 Å². The Balaban J connectivity index is 1.38. The number of nitrogens with zero attached hydrogens (tertiary/aromatic N) is 2. The minimum Gasteiger partial charge on any atom is -0.448 e. The monoisotopic (exact) mass is 475 g/mol. The van der Waals surface area contributed by atoms with Crippen LogP contribution in [-0.2, 0) is 17.8 Å². The number of carbonyl (C=O) groups excluding carboxylic acids is 1. The largest absolute Gasteiger partial charge is 0.448 e. The second kappa shape index (κ2) is 9.38. The normalized spacial score (nSPS) is 11.3. The molecule has 0 aliphatic carbocycles. The zero-order valence-corrected chi connectivity index (χ0v) is 18.3. The molecule has 0 aliphatic heterocycles. The van der Waals surface area contributed by atoms with E-state index in [0.29, 0.717) is 34.2 Å².